The Morgan fingerprint density at radius 2 is 1.67 bits per heavy atom. The van der Waals surface area contributed by atoms with Crippen LogP contribution in [0.1, 0.15) is 88.6 Å². The van der Waals surface area contributed by atoms with Crippen LogP contribution in [0.15, 0.2) is 42.6 Å². The smallest absolute Gasteiger partial charge is 0.282 e. The van der Waals surface area contributed by atoms with E-state index in [4.69, 9.17) is 16.3 Å². The normalized spacial score (nSPS) is 25.1. The summed E-state index contributed by atoms with van der Waals surface area (Å²) < 4.78 is 6.46. The van der Waals surface area contributed by atoms with Crippen molar-refractivity contribution in [1.82, 2.24) is 30.0 Å². The van der Waals surface area contributed by atoms with Crippen LogP contribution in [-0.4, -0.2) is 105 Å². The minimum absolute atomic E-state index is 0.0138. The number of hydrogen-bond donors (Lipinski definition) is 1. The molecular weight excluding hydrogens is 748 g/mol. The molecule has 6 aliphatic rings. The van der Waals surface area contributed by atoms with Gasteiger partial charge in [-0.1, -0.05) is 51.1 Å². The topological polar surface area (TPSA) is 169 Å². The molecule has 9 rings (SSSR count). The van der Waals surface area contributed by atoms with E-state index in [9.17, 15) is 29.2 Å². The molecule has 1 saturated carbocycles. The predicted octanol–water partition coefficient (Wildman–Crippen LogP) is 3.41. The second-order valence-corrected chi connectivity index (χ2v) is 17.4. The number of rotatable bonds is 6. The second kappa shape index (κ2) is 13.1. The Hall–Kier alpha value is -5.83. The average Bonchev–Trinajstić information content (AvgIpc) is 3.57. The van der Waals surface area contributed by atoms with Gasteiger partial charge in [-0.3, -0.25) is 39.1 Å². The van der Waals surface area contributed by atoms with Gasteiger partial charge in [0.25, 0.3) is 17.7 Å². The van der Waals surface area contributed by atoms with E-state index in [1.54, 1.807) is 18.2 Å². The van der Waals surface area contributed by atoms with Crippen molar-refractivity contribution >= 4 is 47.0 Å². The number of fused-ring (bicyclic) bond motifs is 2. The first kappa shape index (κ1) is 36.8. The van der Waals surface area contributed by atoms with E-state index < -0.39 is 29.7 Å². The standard InChI is InChI=1S/C42H39ClN8O6/c1-41(2)39(42(3,4)40(41)57-27-9-8-24(15-44)29(43)14-27)50-19-25-13-22(7-10-28(25)36(50)54)5-6-23-17-48(18-23)26-20-49(21-26)31-16-45-33-34(46-31)38(56)51(37(33)55)30-11-12-32(52)47-35(30)53/h7-10,13-14,16,23,26,30,39-40H,11-12,17-21H2,1-4H3,(H,47,52,53). The maximum absolute atomic E-state index is 13.8. The highest BCUT2D eigenvalue weighted by Crippen LogP contribution is 2.59. The van der Waals surface area contributed by atoms with Crippen molar-refractivity contribution in [2.45, 2.75) is 71.3 Å². The molecule has 1 N–H and O–H groups in total. The van der Waals surface area contributed by atoms with Crippen LogP contribution in [0, 0.1) is 39.9 Å². The summed E-state index contributed by atoms with van der Waals surface area (Å²) in [6.07, 6.45) is 1.41. The fraction of sp³-hybridized carbons (Fsp3) is 0.429. The van der Waals surface area contributed by atoms with Gasteiger partial charge >= 0.3 is 0 Å². The number of ether oxygens (including phenoxy) is 1. The third-order valence-corrected chi connectivity index (χ3v) is 12.8. The summed E-state index contributed by atoms with van der Waals surface area (Å²) in [5.41, 5.74) is 2.08. The van der Waals surface area contributed by atoms with Crippen LogP contribution < -0.4 is 15.0 Å². The van der Waals surface area contributed by atoms with E-state index in [2.05, 4.69) is 65.8 Å². The Morgan fingerprint density at radius 3 is 2.37 bits per heavy atom. The third-order valence-electron chi connectivity index (χ3n) is 12.5. The van der Waals surface area contributed by atoms with Gasteiger partial charge in [0, 0.05) is 85.2 Å². The Morgan fingerprint density at radius 1 is 0.930 bits per heavy atom. The molecule has 14 nitrogen and oxygen atoms in total. The minimum Gasteiger partial charge on any atom is -0.489 e. The maximum atomic E-state index is 13.8. The van der Waals surface area contributed by atoms with Gasteiger partial charge in [0.2, 0.25) is 11.8 Å². The summed E-state index contributed by atoms with van der Waals surface area (Å²) in [5, 5.41) is 11.8. The molecule has 290 valence electrons. The van der Waals surface area contributed by atoms with Crippen LogP contribution in [0.25, 0.3) is 0 Å². The highest BCUT2D eigenvalue weighted by atomic mass is 35.5. The number of nitrogens with one attached hydrogen (secondary N) is 1. The SMILES string of the molecule is CC1(C)C(Oc2ccc(C#N)c(Cl)c2)C(C)(C)C1N1Cc2cc(C#CC3CN(C4CN(c5cnc6c(n5)C(=O)N(C5CCC(=O)NC5=O)C6=O)C4)C3)ccc2C1=O. The fourth-order valence-electron chi connectivity index (χ4n) is 9.97. The van der Waals surface area contributed by atoms with Gasteiger partial charge < -0.3 is 14.5 Å². The number of aromatic nitrogens is 2. The van der Waals surface area contributed by atoms with Crippen LogP contribution in [0.2, 0.25) is 5.02 Å². The number of likely N-dealkylation sites (tertiary alicyclic amines) is 1. The van der Waals surface area contributed by atoms with E-state index in [0.29, 0.717) is 53.4 Å². The van der Waals surface area contributed by atoms with Crippen LogP contribution in [0.5, 0.6) is 5.75 Å². The number of carbonyl (C=O) groups is 5. The number of imide groups is 2. The zero-order valence-corrected chi connectivity index (χ0v) is 32.6. The van der Waals surface area contributed by atoms with Crippen LogP contribution in [-0.2, 0) is 16.1 Å². The van der Waals surface area contributed by atoms with Crippen molar-refractivity contribution in [3.8, 4) is 23.7 Å². The molecule has 6 heterocycles. The van der Waals surface area contributed by atoms with Gasteiger partial charge in [-0.15, -0.1) is 0 Å². The second-order valence-electron chi connectivity index (χ2n) is 17.0. The number of piperidine rings is 1. The molecule has 5 aliphatic heterocycles. The van der Waals surface area contributed by atoms with Crippen molar-refractivity contribution in [2.24, 2.45) is 16.7 Å². The maximum Gasteiger partial charge on any atom is 0.282 e. The first-order valence-corrected chi connectivity index (χ1v) is 19.4. The highest BCUT2D eigenvalue weighted by molar-refractivity contribution is 6.31. The summed E-state index contributed by atoms with van der Waals surface area (Å²) in [6.45, 7) is 12.0. The number of anilines is 1. The molecule has 5 amide bonds. The van der Waals surface area contributed by atoms with Crippen LogP contribution >= 0.6 is 11.6 Å². The highest BCUT2D eigenvalue weighted by Gasteiger charge is 2.67. The lowest BCUT2D eigenvalue weighted by Crippen LogP contribution is -2.74. The molecule has 1 unspecified atom stereocenters. The lowest BCUT2D eigenvalue weighted by atomic mass is 9.49. The number of hydrogen-bond acceptors (Lipinski definition) is 11. The summed E-state index contributed by atoms with van der Waals surface area (Å²) in [5.74, 6) is 5.62. The zero-order valence-electron chi connectivity index (χ0n) is 31.8. The molecule has 3 aromatic rings. The average molecular weight is 787 g/mol. The van der Waals surface area contributed by atoms with E-state index in [1.165, 1.54) is 6.20 Å². The first-order chi connectivity index (χ1) is 27.1. The number of carbonyl (C=O) groups excluding carboxylic acids is 5. The monoisotopic (exact) mass is 786 g/mol. The van der Waals surface area contributed by atoms with E-state index in [-0.39, 0.29) is 59.0 Å². The lowest BCUT2D eigenvalue weighted by Gasteiger charge is -2.65. The van der Waals surface area contributed by atoms with Crippen LogP contribution in [0.3, 0.4) is 0 Å². The van der Waals surface area contributed by atoms with E-state index >= 15 is 0 Å². The number of amides is 5. The first-order valence-electron chi connectivity index (χ1n) is 19.0. The van der Waals surface area contributed by atoms with Gasteiger partial charge in [0.05, 0.1) is 16.8 Å². The minimum atomic E-state index is -1.06. The number of nitrogens with zero attached hydrogens (tertiary/aromatic N) is 7. The molecule has 1 aliphatic carbocycles. The number of nitriles is 1. The van der Waals surface area contributed by atoms with Crippen LogP contribution in [0.4, 0.5) is 5.82 Å². The third kappa shape index (κ3) is 5.84. The van der Waals surface area contributed by atoms with Crippen molar-refractivity contribution in [3.05, 3.63) is 81.3 Å². The predicted molar refractivity (Wildman–Crippen MR) is 205 cm³/mol. The summed E-state index contributed by atoms with van der Waals surface area (Å²) >= 11 is 6.28. The Balaban J connectivity index is 0.783. The molecule has 1 aromatic heterocycles. The Labute approximate surface area is 334 Å². The van der Waals surface area contributed by atoms with Gasteiger partial charge in [-0.05, 0) is 42.3 Å². The van der Waals surface area contributed by atoms with Crippen molar-refractivity contribution < 1.29 is 28.7 Å². The lowest BCUT2D eigenvalue weighted by molar-refractivity contribution is -0.199. The molecule has 0 bridgehead atoms. The van der Waals surface area contributed by atoms with Gasteiger partial charge in [-0.2, -0.15) is 5.26 Å². The quantitative estimate of drug-likeness (QED) is 0.287. The molecule has 4 fully saturated rings. The fourth-order valence-corrected chi connectivity index (χ4v) is 10.2. The molecule has 2 aromatic carbocycles. The summed E-state index contributed by atoms with van der Waals surface area (Å²) in [6, 6.07) is 12.2. The van der Waals surface area contributed by atoms with E-state index in [0.717, 1.165) is 29.1 Å². The van der Waals surface area contributed by atoms with Gasteiger partial charge in [0.1, 0.15) is 29.8 Å². The van der Waals surface area contributed by atoms with E-state index in [1.807, 2.05) is 28.0 Å². The number of benzene rings is 2. The Bertz CT molecular complexity index is 2400. The summed E-state index contributed by atoms with van der Waals surface area (Å²) in [7, 11) is 0. The summed E-state index contributed by atoms with van der Waals surface area (Å²) in [4.78, 5) is 79.8. The van der Waals surface area contributed by atoms with Gasteiger partial charge in [-0.25, -0.2) is 9.97 Å². The zero-order chi connectivity index (χ0) is 40.1. The van der Waals surface area contributed by atoms with Gasteiger partial charge in [0.15, 0.2) is 11.4 Å². The molecule has 3 saturated heterocycles. The Kier molecular flexibility index (Phi) is 8.46. The van der Waals surface area contributed by atoms with Crippen molar-refractivity contribution in [3.63, 3.8) is 0 Å². The molecule has 0 radical (unpaired) electrons. The molecule has 15 heteroatoms. The molecule has 0 spiro atoms. The molecule has 57 heavy (non-hydrogen) atoms. The number of halogens is 1. The molecule has 1 atom stereocenters. The largest absolute Gasteiger partial charge is 0.489 e. The van der Waals surface area contributed by atoms with Crippen molar-refractivity contribution in [2.75, 3.05) is 31.1 Å². The molecular formula is C42H39ClN8O6. The van der Waals surface area contributed by atoms with Crippen molar-refractivity contribution in [1.29, 1.82) is 5.26 Å².